The van der Waals surface area contributed by atoms with Gasteiger partial charge in [0.15, 0.2) is 5.76 Å². The van der Waals surface area contributed by atoms with Gasteiger partial charge >= 0.3 is 5.92 Å². The van der Waals surface area contributed by atoms with Gasteiger partial charge in [-0.15, -0.1) is 0 Å². The van der Waals surface area contributed by atoms with Crippen molar-refractivity contribution in [3.8, 4) is 0 Å². The number of rotatable bonds is 1. The molecule has 0 saturated heterocycles. The van der Waals surface area contributed by atoms with Crippen molar-refractivity contribution in [2.75, 3.05) is 0 Å². The molecule has 74 valence electrons. The molecule has 0 bridgehead atoms. The lowest BCUT2D eigenvalue weighted by Gasteiger charge is -2.03. The van der Waals surface area contributed by atoms with Gasteiger partial charge in [-0.25, -0.2) is 0 Å². The third-order valence-corrected chi connectivity index (χ3v) is 2.15. The number of alkyl halides is 2. The maximum atomic E-state index is 12.9. The number of hydrogen-bond donors (Lipinski definition) is 0. The standard InChI is InChI=1S/C10H7ClF2O/c1-10(12,13)9-5-6-4-7(11)2-3-8(6)14-9/h2-5H,1H3. The van der Waals surface area contributed by atoms with Crippen LogP contribution in [-0.2, 0) is 5.92 Å². The van der Waals surface area contributed by atoms with E-state index in [0.717, 1.165) is 6.92 Å². The summed E-state index contributed by atoms with van der Waals surface area (Å²) in [6.07, 6.45) is 0. The average Bonchev–Trinajstić information content (AvgIpc) is 2.45. The van der Waals surface area contributed by atoms with E-state index in [4.69, 9.17) is 16.0 Å². The Morgan fingerprint density at radius 3 is 2.64 bits per heavy atom. The van der Waals surface area contributed by atoms with E-state index in [1.54, 1.807) is 18.2 Å². The van der Waals surface area contributed by atoms with E-state index in [0.29, 0.717) is 16.0 Å². The molecule has 0 unspecified atom stereocenters. The molecule has 14 heavy (non-hydrogen) atoms. The van der Waals surface area contributed by atoms with Gasteiger partial charge in [-0.1, -0.05) is 11.6 Å². The zero-order valence-corrected chi connectivity index (χ0v) is 8.11. The molecule has 1 nitrogen and oxygen atoms in total. The third-order valence-electron chi connectivity index (χ3n) is 1.91. The Hall–Kier alpha value is -1.09. The quantitative estimate of drug-likeness (QED) is 0.696. The molecule has 0 fully saturated rings. The lowest BCUT2D eigenvalue weighted by atomic mass is 10.2. The normalized spacial score (nSPS) is 12.3. The molecule has 0 aliphatic rings. The van der Waals surface area contributed by atoms with E-state index >= 15 is 0 Å². The zero-order valence-electron chi connectivity index (χ0n) is 7.35. The molecule has 0 saturated carbocycles. The Morgan fingerprint density at radius 2 is 2.00 bits per heavy atom. The molecule has 1 aromatic carbocycles. The second-order valence-corrected chi connectivity index (χ2v) is 3.62. The van der Waals surface area contributed by atoms with Crippen LogP contribution in [-0.4, -0.2) is 0 Å². The van der Waals surface area contributed by atoms with Crippen molar-refractivity contribution >= 4 is 22.6 Å². The average molecular weight is 217 g/mol. The van der Waals surface area contributed by atoms with E-state index in [1.807, 2.05) is 0 Å². The monoisotopic (exact) mass is 216 g/mol. The largest absolute Gasteiger partial charge is 0.455 e. The lowest BCUT2D eigenvalue weighted by Crippen LogP contribution is -2.04. The van der Waals surface area contributed by atoms with Gasteiger partial charge in [0.25, 0.3) is 0 Å². The Kier molecular flexibility index (Phi) is 2.00. The summed E-state index contributed by atoms with van der Waals surface area (Å²) in [5.41, 5.74) is 0.422. The van der Waals surface area contributed by atoms with E-state index in [-0.39, 0.29) is 5.76 Å². The molecule has 4 heteroatoms. The minimum absolute atomic E-state index is 0.338. The molecule has 0 aliphatic heterocycles. The minimum atomic E-state index is -2.95. The van der Waals surface area contributed by atoms with Crippen LogP contribution in [0.1, 0.15) is 12.7 Å². The van der Waals surface area contributed by atoms with Crippen LogP contribution in [0.3, 0.4) is 0 Å². The third kappa shape index (κ3) is 1.60. The molecule has 0 N–H and O–H groups in total. The Labute approximate surface area is 84.3 Å². The molecule has 0 aliphatic carbocycles. The number of benzene rings is 1. The van der Waals surface area contributed by atoms with Gasteiger partial charge in [0.1, 0.15) is 5.58 Å². The predicted octanol–water partition coefficient (Wildman–Crippen LogP) is 4.20. The summed E-state index contributed by atoms with van der Waals surface area (Å²) < 4.78 is 30.7. The highest BCUT2D eigenvalue weighted by Crippen LogP contribution is 2.32. The topological polar surface area (TPSA) is 13.1 Å². The summed E-state index contributed by atoms with van der Waals surface area (Å²) in [5.74, 6) is -3.29. The highest BCUT2D eigenvalue weighted by molar-refractivity contribution is 6.31. The molecule has 2 rings (SSSR count). The number of hydrogen-bond acceptors (Lipinski definition) is 1. The number of fused-ring (bicyclic) bond motifs is 1. The molecule has 0 atom stereocenters. The maximum absolute atomic E-state index is 12.9. The van der Waals surface area contributed by atoms with Crippen LogP contribution in [0.2, 0.25) is 5.02 Å². The molecule has 0 radical (unpaired) electrons. The van der Waals surface area contributed by atoms with E-state index in [2.05, 4.69) is 0 Å². The first-order valence-electron chi connectivity index (χ1n) is 4.04. The Morgan fingerprint density at radius 1 is 1.29 bits per heavy atom. The predicted molar refractivity (Wildman–Crippen MR) is 50.8 cm³/mol. The summed E-state index contributed by atoms with van der Waals surface area (Å²) >= 11 is 5.71. The summed E-state index contributed by atoms with van der Waals surface area (Å²) in [4.78, 5) is 0. The summed E-state index contributed by atoms with van der Waals surface area (Å²) in [7, 11) is 0. The van der Waals surface area contributed by atoms with Gasteiger partial charge < -0.3 is 4.42 Å². The maximum Gasteiger partial charge on any atom is 0.301 e. The molecule has 0 spiro atoms. The van der Waals surface area contributed by atoms with Crippen LogP contribution in [0.25, 0.3) is 11.0 Å². The fourth-order valence-electron chi connectivity index (χ4n) is 1.23. The van der Waals surface area contributed by atoms with E-state index in [9.17, 15) is 8.78 Å². The lowest BCUT2D eigenvalue weighted by molar-refractivity contribution is -0.00382. The van der Waals surface area contributed by atoms with Gasteiger partial charge in [0.2, 0.25) is 0 Å². The highest BCUT2D eigenvalue weighted by atomic mass is 35.5. The number of furan rings is 1. The van der Waals surface area contributed by atoms with Crippen molar-refractivity contribution in [2.24, 2.45) is 0 Å². The fraction of sp³-hybridized carbons (Fsp3) is 0.200. The van der Waals surface area contributed by atoms with Crippen molar-refractivity contribution in [2.45, 2.75) is 12.8 Å². The highest BCUT2D eigenvalue weighted by Gasteiger charge is 2.28. The van der Waals surface area contributed by atoms with Gasteiger partial charge in [-0.3, -0.25) is 0 Å². The molecular weight excluding hydrogens is 210 g/mol. The van der Waals surface area contributed by atoms with Gasteiger partial charge in [-0.05, 0) is 24.3 Å². The summed E-state index contributed by atoms with van der Waals surface area (Å²) in [5, 5.41) is 1.10. The SMILES string of the molecule is CC(F)(F)c1cc2cc(Cl)ccc2o1. The van der Waals surface area contributed by atoms with Crippen LogP contribution < -0.4 is 0 Å². The second-order valence-electron chi connectivity index (χ2n) is 3.18. The Bertz CT molecular complexity index is 470. The zero-order chi connectivity index (χ0) is 10.3. The van der Waals surface area contributed by atoms with Crippen molar-refractivity contribution in [3.63, 3.8) is 0 Å². The van der Waals surface area contributed by atoms with Crippen LogP contribution in [0.4, 0.5) is 8.78 Å². The second kappa shape index (κ2) is 2.95. The van der Waals surface area contributed by atoms with Crippen LogP contribution >= 0.6 is 11.6 Å². The van der Waals surface area contributed by atoms with Crippen LogP contribution in [0.15, 0.2) is 28.7 Å². The fourth-order valence-corrected chi connectivity index (χ4v) is 1.41. The summed E-state index contributed by atoms with van der Waals surface area (Å²) in [6, 6.07) is 6.08. The number of halogens is 3. The first-order chi connectivity index (χ1) is 6.47. The first kappa shape index (κ1) is 9.46. The van der Waals surface area contributed by atoms with Crippen molar-refractivity contribution in [1.82, 2.24) is 0 Å². The van der Waals surface area contributed by atoms with Crippen LogP contribution in [0, 0.1) is 0 Å². The molecule has 1 aromatic heterocycles. The molecule has 2 aromatic rings. The molecule has 1 heterocycles. The van der Waals surface area contributed by atoms with Crippen LogP contribution in [0.5, 0.6) is 0 Å². The smallest absolute Gasteiger partial charge is 0.301 e. The molecule has 0 amide bonds. The van der Waals surface area contributed by atoms with Crippen molar-refractivity contribution in [1.29, 1.82) is 0 Å². The van der Waals surface area contributed by atoms with Crippen molar-refractivity contribution < 1.29 is 13.2 Å². The van der Waals surface area contributed by atoms with Crippen molar-refractivity contribution in [3.05, 3.63) is 35.0 Å². The van der Waals surface area contributed by atoms with Gasteiger partial charge in [-0.2, -0.15) is 8.78 Å². The van der Waals surface area contributed by atoms with Gasteiger partial charge in [0.05, 0.1) is 0 Å². The van der Waals surface area contributed by atoms with E-state index in [1.165, 1.54) is 6.07 Å². The van der Waals surface area contributed by atoms with Gasteiger partial charge in [0, 0.05) is 17.3 Å². The Balaban J connectivity index is 2.63. The summed E-state index contributed by atoms with van der Waals surface area (Å²) in [6.45, 7) is 0.798. The minimum Gasteiger partial charge on any atom is -0.455 e. The first-order valence-corrected chi connectivity index (χ1v) is 4.42. The van der Waals surface area contributed by atoms with E-state index < -0.39 is 5.92 Å². The molecular formula is C10H7ClF2O.